The second kappa shape index (κ2) is 9.13. The van der Waals surface area contributed by atoms with E-state index in [1.54, 1.807) is 0 Å². The molecule has 1 aromatic rings. The maximum atomic E-state index is 11.5. The molecule has 5 nitrogen and oxygen atoms in total. The molecule has 0 bridgehead atoms. The molecule has 21 heavy (non-hydrogen) atoms. The lowest BCUT2D eigenvalue weighted by Gasteiger charge is -2.11. The molecule has 0 aliphatic heterocycles. The molecule has 0 saturated carbocycles. The molecule has 0 saturated heterocycles. The monoisotopic (exact) mass is 292 g/mol. The van der Waals surface area contributed by atoms with Crippen LogP contribution >= 0.6 is 0 Å². The summed E-state index contributed by atoms with van der Waals surface area (Å²) in [7, 11) is 1.39. The highest BCUT2D eigenvalue weighted by molar-refractivity contribution is 5.76. The Morgan fingerprint density at radius 1 is 1.19 bits per heavy atom. The smallest absolute Gasteiger partial charge is 0.309 e. The molecule has 0 aromatic heterocycles. The van der Waals surface area contributed by atoms with Crippen LogP contribution in [0, 0.1) is 0 Å². The van der Waals surface area contributed by atoms with Crippen LogP contribution in [0.25, 0.3) is 0 Å². The lowest BCUT2D eigenvalue weighted by Crippen LogP contribution is -2.32. The Labute approximate surface area is 126 Å². The highest BCUT2D eigenvalue weighted by Crippen LogP contribution is 2.10. The molecule has 0 atom stereocenters. The zero-order chi connectivity index (χ0) is 15.7. The maximum Gasteiger partial charge on any atom is 0.309 e. The molecule has 1 rings (SSSR count). The molecule has 0 spiro atoms. The van der Waals surface area contributed by atoms with Gasteiger partial charge in [0.05, 0.1) is 13.5 Å². The Hall–Kier alpha value is -1.88. The first-order valence-electron chi connectivity index (χ1n) is 7.16. The molecule has 0 unspecified atom stereocenters. The van der Waals surface area contributed by atoms with E-state index in [1.165, 1.54) is 7.11 Å². The third-order valence-corrected chi connectivity index (χ3v) is 2.97. The predicted molar refractivity (Wildman–Crippen MR) is 81.8 cm³/mol. The number of esters is 1. The fourth-order valence-electron chi connectivity index (χ4n) is 1.95. The third kappa shape index (κ3) is 6.90. The van der Waals surface area contributed by atoms with Crippen LogP contribution in [0.1, 0.15) is 31.4 Å². The molecule has 116 valence electrons. The topological polar surface area (TPSA) is 67.4 Å². The lowest BCUT2D eigenvalue weighted by molar-refractivity contribution is -0.139. The Balaban J connectivity index is 2.41. The summed E-state index contributed by atoms with van der Waals surface area (Å²) in [5.41, 5.74) is 2.00. The van der Waals surface area contributed by atoms with Gasteiger partial charge in [0.1, 0.15) is 0 Å². The number of carbonyl (C=O) groups is 2. The molecular formula is C16H24N2O3. The first-order chi connectivity index (χ1) is 10.0. The van der Waals surface area contributed by atoms with Gasteiger partial charge >= 0.3 is 5.97 Å². The summed E-state index contributed by atoms with van der Waals surface area (Å²) in [6.07, 6.45) is 0.708. The predicted octanol–water partition coefficient (Wildman–Crippen LogP) is 1.41. The van der Waals surface area contributed by atoms with E-state index in [0.717, 1.165) is 11.1 Å². The highest BCUT2D eigenvalue weighted by Gasteiger charge is 2.08. The quantitative estimate of drug-likeness (QED) is 0.561. The van der Waals surface area contributed by atoms with Crippen LogP contribution in [0.5, 0.6) is 0 Å². The van der Waals surface area contributed by atoms with Gasteiger partial charge in [-0.3, -0.25) is 9.59 Å². The normalized spacial score (nSPS) is 10.5. The number of methoxy groups -OCH3 is 1. The van der Waals surface area contributed by atoms with Crippen LogP contribution in [0.2, 0.25) is 0 Å². The average Bonchev–Trinajstić information content (AvgIpc) is 2.44. The van der Waals surface area contributed by atoms with Gasteiger partial charge in [-0.05, 0) is 25.0 Å². The van der Waals surface area contributed by atoms with Gasteiger partial charge in [-0.15, -0.1) is 0 Å². The van der Waals surface area contributed by atoms with E-state index >= 15 is 0 Å². The first kappa shape index (κ1) is 17.2. The molecule has 0 fully saturated rings. The third-order valence-electron chi connectivity index (χ3n) is 2.97. The van der Waals surface area contributed by atoms with Crippen molar-refractivity contribution < 1.29 is 14.3 Å². The van der Waals surface area contributed by atoms with Crippen molar-refractivity contribution in [2.45, 2.75) is 39.3 Å². The Bertz CT molecular complexity index is 472. The zero-order valence-electron chi connectivity index (χ0n) is 12.9. The fourth-order valence-corrected chi connectivity index (χ4v) is 1.95. The number of hydrogen-bond acceptors (Lipinski definition) is 4. The van der Waals surface area contributed by atoms with Crippen molar-refractivity contribution >= 4 is 11.9 Å². The minimum atomic E-state index is -0.251. The highest BCUT2D eigenvalue weighted by atomic mass is 16.5. The largest absolute Gasteiger partial charge is 0.469 e. The van der Waals surface area contributed by atoms with E-state index in [9.17, 15) is 9.59 Å². The van der Waals surface area contributed by atoms with Crippen molar-refractivity contribution in [2.75, 3.05) is 13.7 Å². The van der Waals surface area contributed by atoms with E-state index in [-0.39, 0.29) is 24.3 Å². The van der Waals surface area contributed by atoms with Crippen molar-refractivity contribution in [3.63, 3.8) is 0 Å². The van der Waals surface area contributed by atoms with E-state index in [0.29, 0.717) is 19.5 Å². The number of amides is 1. The molecule has 2 N–H and O–H groups in total. The van der Waals surface area contributed by atoms with Gasteiger partial charge in [0.2, 0.25) is 5.91 Å². The van der Waals surface area contributed by atoms with Gasteiger partial charge in [-0.25, -0.2) is 0 Å². The van der Waals surface area contributed by atoms with Crippen LogP contribution in [0.15, 0.2) is 24.3 Å². The standard InChI is InChI=1S/C16H24N2O3/c1-12(2)18-15(19)8-9-17-11-14-7-5-4-6-13(14)10-16(20)21-3/h4-7,12,17H,8-11H2,1-3H3,(H,18,19). The van der Waals surface area contributed by atoms with Crippen molar-refractivity contribution in [3.05, 3.63) is 35.4 Å². The molecule has 0 aliphatic carbocycles. The summed E-state index contributed by atoms with van der Waals surface area (Å²) >= 11 is 0. The Morgan fingerprint density at radius 2 is 1.86 bits per heavy atom. The number of carbonyl (C=O) groups excluding carboxylic acids is 2. The van der Waals surface area contributed by atoms with E-state index in [4.69, 9.17) is 4.74 Å². The number of hydrogen-bond donors (Lipinski definition) is 2. The minimum Gasteiger partial charge on any atom is -0.469 e. The summed E-state index contributed by atoms with van der Waals surface area (Å²) in [6, 6.07) is 7.89. The van der Waals surface area contributed by atoms with Gasteiger partial charge in [0, 0.05) is 25.6 Å². The summed E-state index contributed by atoms with van der Waals surface area (Å²) < 4.78 is 4.69. The molecule has 5 heteroatoms. The van der Waals surface area contributed by atoms with E-state index < -0.39 is 0 Å². The van der Waals surface area contributed by atoms with Crippen molar-refractivity contribution in [2.24, 2.45) is 0 Å². The van der Waals surface area contributed by atoms with Crippen LogP contribution in [0.3, 0.4) is 0 Å². The summed E-state index contributed by atoms with van der Waals surface area (Å²) in [5, 5.41) is 6.07. The number of nitrogens with one attached hydrogen (secondary N) is 2. The van der Waals surface area contributed by atoms with Gasteiger partial charge in [-0.2, -0.15) is 0 Å². The second-order valence-corrected chi connectivity index (χ2v) is 5.17. The SMILES string of the molecule is COC(=O)Cc1ccccc1CNCCC(=O)NC(C)C. The average molecular weight is 292 g/mol. The van der Waals surface area contributed by atoms with Crippen LogP contribution in [-0.2, 0) is 27.3 Å². The molecule has 0 aliphatic rings. The zero-order valence-corrected chi connectivity index (χ0v) is 12.9. The maximum absolute atomic E-state index is 11.5. The minimum absolute atomic E-state index is 0.0420. The number of rotatable bonds is 8. The molecule has 0 heterocycles. The number of benzene rings is 1. The fraction of sp³-hybridized carbons (Fsp3) is 0.500. The Morgan fingerprint density at radius 3 is 2.48 bits per heavy atom. The molecule has 1 amide bonds. The Kier molecular flexibility index (Phi) is 7.46. The van der Waals surface area contributed by atoms with E-state index in [1.807, 2.05) is 38.1 Å². The lowest BCUT2D eigenvalue weighted by atomic mass is 10.0. The molecular weight excluding hydrogens is 268 g/mol. The van der Waals surface area contributed by atoms with Crippen molar-refractivity contribution in [3.8, 4) is 0 Å². The van der Waals surface area contributed by atoms with Gasteiger partial charge in [0.25, 0.3) is 0 Å². The molecule has 0 radical (unpaired) electrons. The van der Waals surface area contributed by atoms with Crippen molar-refractivity contribution in [1.29, 1.82) is 0 Å². The van der Waals surface area contributed by atoms with E-state index in [2.05, 4.69) is 10.6 Å². The van der Waals surface area contributed by atoms with Crippen LogP contribution in [0.4, 0.5) is 0 Å². The van der Waals surface area contributed by atoms with Crippen LogP contribution < -0.4 is 10.6 Å². The van der Waals surface area contributed by atoms with Gasteiger partial charge in [0.15, 0.2) is 0 Å². The first-order valence-corrected chi connectivity index (χ1v) is 7.16. The summed E-state index contributed by atoms with van der Waals surface area (Å²) in [4.78, 5) is 22.9. The van der Waals surface area contributed by atoms with Crippen LogP contribution in [-0.4, -0.2) is 31.6 Å². The number of ether oxygens (including phenoxy) is 1. The summed E-state index contributed by atoms with van der Waals surface area (Å²) in [6.45, 7) is 5.11. The van der Waals surface area contributed by atoms with Crippen molar-refractivity contribution in [1.82, 2.24) is 10.6 Å². The van der Waals surface area contributed by atoms with Gasteiger partial charge in [-0.1, -0.05) is 24.3 Å². The van der Waals surface area contributed by atoms with Gasteiger partial charge < -0.3 is 15.4 Å². The second-order valence-electron chi connectivity index (χ2n) is 5.17. The molecule has 1 aromatic carbocycles. The summed E-state index contributed by atoms with van der Waals surface area (Å²) in [5.74, 6) is -0.209.